The number of aliphatic hydroxyl groups is 2. The van der Waals surface area contributed by atoms with Gasteiger partial charge in [0, 0.05) is 0 Å². The monoisotopic (exact) mass is 258 g/mol. The van der Waals surface area contributed by atoms with Gasteiger partial charge in [0.15, 0.2) is 0 Å². The summed E-state index contributed by atoms with van der Waals surface area (Å²) in [6, 6.07) is 18.0. The molecule has 3 heteroatoms. The van der Waals surface area contributed by atoms with Crippen LogP contribution >= 0.6 is 0 Å². The van der Waals surface area contributed by atoms with Crippen molar-refractivity contribution in [1.29, 1.82) is 0 Å². The molecule has 3 nitrogen and oxygen atoms in total. The van der Waals surface area contributed by atoms with E-state index in [1.807, 2.05) is 42.5 Å². The van der Waals surface area contributed by atoms with Crippen molar-refractivity contribution in [2.24, 2.45) is 0 Å². The molecule has 0 radical (unpaired) electrons. The zero-order valence-corrected chi connectivity index (χ0v) is 10.7. The highest BCUT2D eigenvalue weighted by atomic mass is 16.5. The fraction of sp³-hybridized carbons (Fsp3) is 0.250. The number of benzene rings is 2. The molecule has 0 aliphatic carbocycles. The molecule has 0 amide bonds. The van der Waals surface area contributed by atoms with Crippen molar-refractivity contribution in [2.75, 3.05) is 13.2 Å². The number of rotatable bonds is 6. The van der Waals surface area contributed by atoms with Gasteiger partial charge in [-0.1, -0.05) is 42.5 Å². The van der Waals surface area contributed by atoms with Crippen LogP contribution < -0.4 is 4.74 Å². The van der Waals surface area contributed by atoms with Crippen LogP contribution in [0.4, 0.5) is 0 Å². The van der Waals surface area contributed by atoms with Gasteiger partial charge in [0.25, 0.3) is 0 Å². The highest BCUT2D eigenvalue weighted by molar-refractivity contribution is 5.31. The molecule has 1 atom stereocenters. The lowest BCUT2D eigenvalue weighted by Gasteiger charge is -2.10. The minimum Gasteiger partial charge on any atom is -0.491 e. The van der Waals surface area contributed by atoms with Gasteiger partial charge in [0.05, 0.1) is 6.61 Å². The first-order valence-electron chi connectivity index (χ1n) is 6.32. The van der Waals surface area contributed by atoms with Gasteiger partial charge in [-0.3, -0.25) is 0 Å². The lowest BCUT2D eigenvalue weighted by molar-refractivity contribution is 0.0536. The smallest absolute Gasteiger partial charge is 0.119 e. The molecule has 0 saturated carbocycles. The second kappa shape index (κ2) is 6.92. The standard InChI is InChI=1S/C16H18O3/c17-11-15(18)12-19-16-8-6-14(7-9-16)10-13-4-2-1-3-5-13/h1-9,15,17-18H,10-12H2. The molecular formula is C16H18O3. The van der Waals surface area contributed by atoms with Gasteiger partial charge in [0.1, 0.15) is 18.5 Å². The molecule has 0 spiro atoms. The topological polar surface area (TPSA) is 49.7 Å². The highest BCUT2D eigenvalue weighted by Crippen LogP contribution is 2.15. The molecule has 0 aliphatic rings. The van der Waals surface area contributed by atoms with E-state index in [0.29, 0.717) is 5.75 Å². The van der Waals surface area contributed by atoms with E-state index in [1.165, 1.54) is 11.1 Å². The fourth-order valence-electron chi connectivity index (χ4n) is 1.78. The molecule has 2 rings (SSSR count). The quantitative estimate of drug-likeness (QED) is 0.833. The number of ether oxygens (including phenoxy) is 1. The Morgan fingerprint density at radius 3 is 2.16 bits per heavy atom. The Morgan fingerprint density at radius 2 is 1.53 bits per heavy atom. The van der Waals surface area contributed by atoms with Crippen molar-refractivity contribution in [1.82, 2.24) is 0 Å². The van der Waals surface area contributed by atoms with Crippen molar-refractivity contribution in [3.63, 3.8) is 0 Å². The average molecular weight is 258 g/mol. The second-order valence-corrected chi connectivity index (χ2v) is 4.45. The van der Waals surface area contributed by atoms with Crippen molar-refractivity contribution in [3.05, 3.63) is 65.7 Å². The van der Waals surface area contributed by atoms with E-state index >= 15 is 0 Å². The Hall–Kier alpha value is -1.84. The van der Waals surface area contributed by atoms with Gasteiger partial charge >= 0.3 is 0 Å². The van der Waals surface area contributed by atoms with Gasteiger partial charge < -0.3 is 14.9 Å². The molecule has 0 heterocycles. The largest absolute Gasteiger partial charge is 0.491 e. The molecule has 1 unspecified atom stereocenters. The summed E-state index contributed by atoms with van der Waals surface area (Å²) in [5, 5.41) is 17.9. The number of aliphatic hydroxyl groups excluding tert-OH is 2. The third-order valence-corrected chi connectivity index (χ3v) is 2.83. The van der Waals surface area contributed by atoms with E-state index < -0.39 is 6.10 Å². The summed E-state index contributed by atoms with van der Waals surface area (Å²) in [7, 11) is 0. The van der Waals surface area contributed by atoms with Crippen molar-refractivity contribution in [3.8, 4) is 5.75 Å². The zero-order valence-electron chi connectivity index (χ0n) is 10.7. The lowest BCUT2D eigenvalue weighted by atomic mass is 10.1. The van der Waals surface area contributed by atoms with E-state index in [4.69, 9.17) is 9.84 Å². The van der Waals surface area contributed by atoms with Crippen molar-refractivity contribution < 1.29 is 14.9 Å². The SMILES string of the molecule is OCC(O)COc1ccc(Cc2ccccc2)cc1. The Bertz CT molecular complexity index is 479. The molecule has 19 heavy (non-hydrogen) atoms. The van der Waals surface area contributed by atoms with Crippen LogP contribution in [0.5, 0.6) is 5.75 Å². The highest BCUT2D eigenvalue weighted by Gasteiger charge is 2.03. The van der Waals surface area contributed by atoms with E-state index in [9.17, 15) is 5.11 Å². The summed E-state index contributed by atoms with van der Waals surface area (Å²) in [5.41, 5.74) is 2.48. The fourth-order valence-corrected chi connectivity index (χ4v) is 1.78. The van der Waals surface area contributed by atoms with Crippen LogP contribution in [0.1, 0.15) is 11.1 Å². The summed E-state index contributed by atoms with van der Waals surface area (Å²) in [6.45, 7) is -0.180. The van der Waals surface area contributed by atoms with Crippen molar-refractivity contribution in [2.45, 2.75) is 12.5 Å². The molecule has 2 aromatic rings. The Morgan fingerprint density at radius 1 is 0.895 bits per heavy atom. The molecule has 0 aromatic heterocycles. The molecule has 100 valence electrons. The third kappa shape index (κ3) is 4.39. The molecule has 0 aliphatic heterocycles. The van der Waals surface area contributed by atoms with E-state index in [2.05, 4.69) is 12.1 Å². The first-order valence-corrected chi connectivity index (χ1v) is 6.32. The maximum Gasteiger partial charge on any atom is 0.119 e. The average Bonchev–Trinajstić information content (AvgIpc) is 2.47. The predicted octanol–water partition coefficient (Wildman–Crippen LogP) is 2.01. The van der Waals surface area contributed by atoms with Crippen LogP contribution in [0.15, 0.2) is 54.6 Å². The summed E-state index contributed by atoms with van der Waals surface area (Å²) in [5.74, 6) is 0.698. The summed E-state index contributed by atoms with van der Waals surface area (Å²) >= 11 is 0. The molecular weight excluding hydrogens is 240 g/mol. The zero-order chi connectivity index (χ0) is 13.5. The minimum absolute atomic E-state index is 0.106. The summed E-state index contributed by atoms with van der Waals surface area (Å²) in [6.07, 6.45) is 0.0596. The van der Waals surface area contributed by atoms with Gasteiger partial charge in [-0.15, -0.1) is 0 Å². The maximum atomic E-state index is 9.19. The van der Waals surface area contributed by atoms with E-state index in [-0.39, 0.29) is 13.2 Å². The van der Waals surface area contributed by atoms with Gasteiger partial charge in [-0.05, 0) is 29.7 Å². The number of hydrogen-bond donors (Lipinski definition) is 2. The van der Waals surface area contributed by atoms with Gasteiger partial charge in [0.2, 0.25) is 0 Å². The Balaban J connectivity index is 1.91. The molecule has 2 aromatic carbocycles. The summed E-state index contributed by atoms with van der Waals surface area (Å²) in [4.78, 5) is 0. The molecule has 0 fully saturated rings. The van der Waals surface area contributed by atoms with Crippen LogP contribution in [0, 0.1) is 0 Å². The van der Waals surface area contributed by atoms with Gasteiger partial charge in [-0.25, -0.2) is 0 Å². The normalized spacial score (nSPS) is 12.1. The van der Waals surface area contributed by atoms with Crippen LogP contribution in [0.25, 0.3) is 0 Å². The molecule has 2 N–H and O–H groups in total. The van der Waals surface area contributed by atoms with Crippen LogP contribution in [0.3, 0.4) is 0 Å². The van der Waals surface area contributed by atoms with Crippen LogP contribution in [-0.2, 0) is 6.42 Å². The third-order valence-electron chi connectivity index (χ3n) is 2.83. The Labute approximate surface area is 113 Å². The van der Waals surface area contributed by atoms with Gasteiger partial charge in [-0.2, -0.15) is 0 Å². The number of hydrogen-bond acceptors (Lipinski definition) is 3. The predicted molar refractivity (Wildman–Crippen MR) is 74.3 cm³/mol. The summed E-state index contributed by atoms with van der Waals surface area (Å²) < 4.78 is 5.35. The van der Waals surface area contributed by atoms with E-state index in [1.54, 1.807) is 0 Å². The van der Waals surface area contributed by atoms with Crippen molar-refractivity contribution >= 4 is 0 Å². The minimum atomic E-state index is -0.830. The van der Waals surface area contributed by atoms with E-state index in [0.717, 1.165) is 6.42 Å². The van der Waals surface area contributed by atoms with Crippen LogP contribution in [0.2, 0.25) is 0 Å². The maximum absolute atomic E-state index is 9.19. The first-order chi connectivity index (χ1) is 9.28. The van der Waals surface area contributed by atoms with Crippen LogP contribution in [-0.4, -0.2) is 29.5 Å². The second-order valence-electron chi connectivity index (χ2n) is 4.45. The molecule has 0 bridgehead atoms. The first kappa shape index (κ1) is 13.6. The molecule has 0 saturated heterocycles. The lowest BCUT2D eigenvalue weighted by Crippen LogP contribution is -2.21. The Kier molecular flexibility index (Phi) is 4.95.